The fourth-order valence-corrected chi connectivity index (χ4v) is 2.93. The van der Waals surface area contributed by atoms with Gasteiger partial charge in [0, 0.05) is 0 Å². The Hall–Kier alpha value is -2.44. The van der Waals surface area contributed by atoms with Crippen molar-refractivity contribution in [3.63, 3.8) is 0 Å². The molecule has 9 heteroatoms. The van der Waals surface area contributed by atoms with E-state index >= 15 is 0 Å². The Morgan fingerprint density at radius 2 is 1.90 bits per heavy atom. The van der Waals surface area contributed by atoms with Crippen LogP contribution in [0.5, 0.6) is 0 Å². The summed E-state index contributed by atoms with van der Waals surface area (Å²) in [5.74, 6) is -3.64. The van der Waals surface area contributed by atoms with Crippen LogP contribution in [0.15, 0.2) is 24.3 Å². The van der Waals surface area contributed by atoms with E-state index in [-0.39, 0.29) is 11.1 Å². The molecule has 3 N–H and O–H groups in total. The number of carbonyl (C=O) groups is 2. The predicted molar refractivity (Wildman–Crippen MR) is 70.6 cm³/mol. The Morgan fingerprint density at radius 1 is 1.29 bits per heavy atom. The minimum Gasteiger partial charge on any atom is -0.481 e. The van der Waals surface area contributed by atoms with Crippen molar-refractivity contribution in [1.29, 1.82) is 5.26 Å². The van der Waals surface area contributed by atoms with Gasteiger partial charge in [-0.2, -0.15) is 5.26 Å². The number of carboxylic acid groups (broad SMARTS) is 2. The minimum absolute atomic E-state index is 0.146. The number of hydrogen-bond donors (Lipinski definition) is 3. The number of rotatable bonds is 7. The third-order valence-electron chi connectivity index (χ3n) is 2.48. The Kier molecular flexibility index (Phi) is 5.40. The molecule has 112 valence electrons. The smallest absolute Gasteiger partial charge is 0.322 e. The zero-order chi connectivity index (χ0) is 16.0. The van der Waals surface area contributed by atoms with Crippen molar-refractivity contribution >= 4 is 22.0 Å². The van der Waals surface area contributed by atoms with Gasteiger partial charge in [0.1, 0.15) is 6.04 Å². The average molecular weight is 312 g/mol. The van der Waals surface area contributed by atoms with Crippen molar-refractivity contribution < 1.29 is 28.2 Å². The fourth-order valence-electron chi connectivity index (χ4n) is 1.57. The molecule has 0 saturated heterocycles. The normalized spacial score (nSPS) is 12.3. The van der Waals surface area contributed by atoms with E-state index in [0.29, 0.717) is 0 Å². The first-order chi connectivity index (χ1) is 9.75. The van der Waals surface area contributed by atoms with Gasteiger partial charge in [0.25, 0.3) is 0 Å². The molecule has 0 aromatic heterocycles. The molecule has 0 amide bonds. The molecule has 0 saturated carbocycles. The highest BCUT2D eigenvalue weighted by atomic mass is 32.2. The molecule has 8 nitrogen and oxygen atoms in total. The van der Waals surface area contributed by atoms with Crippen molar-refractivity contribution in [3.8, 4) is 6.07 Å². The van der Waals surface area contributed by atoms with Crippen LogP contribution in [0, 0.1) is 11.3 Å². The van der Waals surface area contributed by atoms with Crippen LogP contribution in [-0.4, -0.2) is 36.6 Å². The second kappa shape index (κ2) is 6.83. The first kappa shape index (κ1) is 16.6. The number of aliphatic carboxylic acids is 2. The molecule has 0 aliphatic heterocycles. The van der Waals surface area contributed by atoms with E-state index in [2.05, 4.69) is 0 Å². The number of carboxylic acids is 2. The Bertz CT molecular complexity index is 692. The molecule has 0 aliphatic carbocycles. The van der Waals surface area contributed by atoms with Crippen LogP contribution in [0.25, 0.3) is 0 Å². The third kappa shape index (κ3) is 5.21. The highest BCUT2D eigenvalue weighted by molar-refractivity contribution is 7.88. The number of nitrogens with one attached hydrogen (secondary N) is 1. The molecule has 1 unspecified atom stereocenters. The van der Waals surface area contributed by atoms with E-state index in [1.54, 1.807) is 10.8 Å². The van der Waals surface area contributed by atoms with Crippen LogP contribution >= 0.6 is 0 Å². The van der Waals surface area contributed by atoms with E-state index in [0.717, 1.165) is 0 Å². The summed E-state index contributed by atoms with van der Waals surface area (Å²) in [7, 11) is -4.10. The number of sulfonamides is 1. The number of nitriles is 1. The van der Waals surface area contributed by atoms with Gasteiger partial charge < -0.3 is 10.2 Å². The maximum atomic E-state index is 11.9. The molecule has 21 heavy (non-hydrogen) atoms. The number of hydrogen-bond acceptors (Lipinski definition) is 5. The maximum absolute atomic E-state index is 11.9. The molecule has 1 atom stereocenters. The van der Waals surface area contributed by atoms with E-state index in [1.165, 1.54) is 18.2 Å². The standard InChI is InChI=1S/C12H12N2O6S/c13-6-8-3-1-2-4-9(8)7-21(19,20)14-10(12(17)18)5-11(15)16/h1-4,10,14H,5,7H2,(H,15,16)(H,17,18). The van der Waals surface area contributed by atoms with Crippen LogP contribution in [0.1, 0.15) is 17.5 Å². The van der Waals surface area contributed by atoms with E-state index in [4.69, 9.17) is 15.5 Å². The van der Waals surface area contributed by atoms with Crippen molar-refractivity contribution in [1.82, 2.24) is 4.72 Å². The van der Waals surface area contributed by atoms with Crippen molar-refractivity contribution in [2.45, 2.75) is 18.2 Å². The maximum Gasteiger partial charge on any atom is 0.322 e. The summed E-state index contributed by atoms with van der Waals surface area (Å²) in [5, 5.41) is 26.2. The molecule has 0 heterocycles. The fraction of sp³-hybridized carbons (Fsp3) is 0.250. The minimum atomic E-state index is -4.10. The van der Waals surface area contributed by atoms with Gasteiger partial charge in [-0.1, -0.05) is 18.2 Å². The largest absolute Gasteiger partial charge is 0.481 e. The van der Waals surface area contributed by atoms with E-state index in [9.17, 15) is 18.0 Å². The van der Waals surface area contributed by atoms with Gasteiger partial charge in [-0.25, -0.2) is 13.1 Å². The average Bonchev–Trinajstić information content (AvgIpc) is 2.37. The van der Waals surface area contributed by atoms with Crippen molar-refractivity contribution in [2.24, 2.45) is 0 Å². The van der Waals surface area contributed by atoms with Crippen molar-refractivity contribution in [3.05, 3.63) is 35.4 Å². The molecule has 0 spiro atoms. The molecular formula is C12H12N2O6S. The zero-order valence-electron chi connectivity index (χ0n) is 10.7. The lowest BCUT2D eigenvalue weighted by Gasteiger charge is -2.13. The quantitative estimate of drug-likeness (QED) is 0.637. The summed E-state index contributed by atoms with van der Waals surface area (Å²) in [6.45, 7) is 0. The van der Waals surface area contributed by atoms with Gasteiger partial charge >= 0.3 is 11.9 Å². The number of nitrogens with zero attached hydrogens (tertiary/aromatic N) is 1. The molecule has 1 rings (SSSR count). The highest BCUT2D eigenvalue weighted by Gasteiger charge is 2.27. The van der Waals surface area contributed by atoms with Crippen LogP contribution in [-0.2, 0) is 25.4 Å². The number of benzene rings is 1. The summed E-state index contributed by atoms with van der Waals surface area (Å²) in [6.07, 6.45) is -0.880. The second-order valence-electron chi connectivity index (χ2n) is 4.13. The van der Waals surface area contributed by atoms with Crippen LogP contribution < -0.4 is 4.72 Å². The monoisotopic (exact) mass is 312 g/mol. The summed E-state index contributed by atoms with van der Waals surface area (Å²) in [5.41, 5.74) is 0.347. The summed E-state index contributed by atoms with van der Waals surface area (Å²) in [4.78, 5) is 21.4. The topological polar surface area (TPSA) is 145 Å². The lowest BCUT2D eigenvalue weighted by molar-refractivity contribution is -0.145. The molecule has 0 aliphatic rings. The highest BCUT2D eigenvalue weighted by Crippen LogP contribution is 2.11. The summed E-state index contributed by atoms with van der Waals surface area (Å²) < 4.78 is 25.6. The van der Waals surface area contributed by atoms with Gasteiger partial charge in [0.15, 0.2) is 0 Å². The lowest BCUT2D eigenvalue weighted by Crippen LogP contribution is -2.42. The first-order valence-electron chi connectivity index (χ1n) is 5.68. The second-order valence-corrected chi connectivity index (χ2v) is 5.89. The molecule has 0 bridgehead atoms. The molecule has 1 aromatic carbocycles. The van der Waals surface area contributed by atoms with E-state index < -0.39 is 40.2 Å². The Balaban J connectivity index is 2.93. The van der Waals surface area contributed by atoms with Crippen LogP contribution in [0.2, 0.25) is 0 Å². The van der Waals surface area contributed by atoms with E-state index in [1.807, 2.05) is 6.07 Å². The van der Waals surface area contributed by atoms with Gasteiger partial charge in [-0.15, -0.1) is 0 Å². The predicted octanol–water partition coefficient (Wildman–Crippen LogP) is -0.0944. The van der Waals surface area contributed by atoms with Gasteiger partial charge in [-0.05, 0) is 11.6 Å². The zero-order valence-corrected chi connectivity index (χ0v) is 11.5. The van der Waals surface area contributed by atoms with Crippen LogP contribution in [0.3, 0.4) is 0 Å². The SMILES string of the molecule is N#Cc1ccccc1CS(=O)(=O)NC(CC(=O)O)C(=O)O. The Morgan fingerprint density at radius 3 is 2.43 bits per heavy atom. The van der Waals surface area contributed by atoms with Crippen molar-refractivity contribution in [2.75, 3.05) is 0 Å². The van der Waals surface area contributed by atoms with Gasteiger partial charge in [-0.3, -0.25) is 9.59 Å². The molecule has 0 fully saturated rings. The lowest BCUT2D eigenvalue weighted by atomic mass is 10.1. The molecule has 1 aromatic rings. The third-order valence-corrected chi connectivity index (χ3v) is 3.82. The van der Waals surface area contributed by atoms with Crippen LogP contribution in [0.4, 0.5) is 0 Å². The van der Waals surface area contributed by atoms with Gasteiger partial charge in [0.05, 0.1) is 23.8 Å². The Labute approximate surface area is 120 Å². The summed E-state index contributed by atoms with van der Waals surface area (Å²) >= 11 is 0. The summed E-state index contributed by atoms with van der Waals surface area (Å²) in [6, 6.07) is 6.01. The van der Waals surface area contributed by atoms with Gasteiger partial charge in [0.2, 0.25) is 10.0 Å². The molecular weight excluding hydrogens is 300 g/mol. The first-order valence-corrected chi connectivity index (χ1v) is 7.33. The molecule has 0 radical (unpaired) electrons.